The lowest BCUT2D eigenvalue weighted by molar-refractivity contribution is 0.282. The number of aliphatic hydroxyl groups is 1. The van der Waals surface area contributed by atoms with Gasteiger partial charge in [0.2, 0.25) is 0 Å². The lowest BCUT2D eigenvalue weighted by atomic mass is 10.2. The molecule has 0 spiro atoms. The van der Waals surface area contributed by atoms with Gasteiger partial charge in [-0.25, -0.2) is 0 Å². The van der Waals surface area contributed by atoms with E-state index in [1.54, 1.807) is 7.11 Å². The van der Waals surface area contributed by atoms with Crippen molar-refractivity contribution < 1.29 is 9.84 Å². The molecule has 2 nitrogen and oxygen atoms in total. The van der Waals surface area contributed by atoms with Crippen LogP contribution < -0.4 is 4.74 Å². The van der Waals surface area contributed by atoms with Crippen molar-refractivity contribution in [3.05, 3.63) is 66.2 Å². The Kier molecular flexibility index (Phi) is 5.74. The maximum Gasteiger partial charge on any atom is 0.118 e. The molecule has 2 rings (SSSR count). The van der Waals surface area contributed by atoms with E-state index in [1.165, 1.54) is 0 Å². The van der Waals surface area contributed by atoms with Crippen LogP contribution in [0.5, 0.6) is 5.75 Å². The van der Waals surface area contributed by atoms with Crippen LogP contribution in [0.15, 0.2) is 60.7 Å². The van der Waals surface area contributed by atoms with Crippen molar-refractivity contribution in [1.82, 2.24) is 0 Å². The summed E-state index contributed by atoms with van der Waals surface area (Å²) in [7, 11) is 1.66. The lowest BCUT2D eigenvalue weighted by Crippen LogP contribution is -1.78. The SMILES string of the molecule is COc1ccccc1.OCc1ccccc1. The zero-order chi connectivity index (χ0) is 11.6. The van der Waals surface area contributed by atoms with Crippen molar-refractivity contribution in [1.29, 1.82) is 0 Å². The van der Waals surface area contributed by atoms with Crippen LogP contribution in [0.4, 0.5) is 0 Å². The number of para-hydroxylation sites is 1. The van der Waals surface area contributed by atoms with Crippen LogP contribution in [0.1, 0.15) is 5.56 Å². The minimum absolute atomic E-state index is 0.140. The summed E-state index contributed by atoms with van der Waals surface area (Å²) in [6, 6.07) is 19.2. The maximum absolute atomic E-state index is 8.54. The molecule has 0 aromatic heterocycles. The van der Waals surface area contributed by atoms with Gasteiger partial charge in [0.15, 0.2) is 0 Å². The van der Waals surface area contributed by atoms with Crippen molar-refractivity contribution in [2.24, 2.45) is 0 Å². The average Bonchev–Trinajstić information content (AvgIpc) is 2.41. The molecule has 2 aromatic rings. The Bertz CT molecular complexity index is 331. The third kappa shape index (κ3) is 4.62. The monoisotopic (exact) mass is 216 g/mol. The molecule has 84 valence electrons. The molecule has 2 heteroatoms. The molecule has 2 aromatic carbocycles. The predicted octanol–water partition coefficient (Wildman–Crippen LogP) is 2.87. The Morgan fingerprint density at radius 3 is 1.69 bits per heavy atom. The zero-order valence-electron chi connectivity index (χ0n) is 9.34. The van der Waals surface area contributed by atoms with Gasteiger partial charge < -0.3 is 9.84 Å². The van der Waals surface area contributed by atoms with Crippen LogP contribution in [-0.4, -0.2) is 12.2 Å². The first-order chi connectivity index (χ1) is 7.86. The second kappa shape index (κ2) is 7.49. The molecule has 0 amide bonds. The van der Waals surface area contributed by atoms with E-state index in [-0.39, 0.29) is 6.61 Å². The first-order valence-corrected chi connectivity index (χ1v) is 5.10. The molecule has 0 unspecified atom stereocenters. The number of aliphatic hydroxyl groups excluding tert-OH is 1. The number of methoxy groups -OCH3 is 1. The summed E-state index contributed by atoms with van der Waals surface area (Å²) in [5.41, 5.74) is 0.965. The summed E-state index contributed by atoms with van der Waals surface area (Å²) in [6.07, 6.45) is 0. The number of benzene rings is 2. The van der Waals surface area contributed by atoms with Crippen LogP contribution in [0.2, 0.25) is 0 Å². The van der Waals surface area contributed by atoms with Crippen LogP contribution >= 0.6 is 0 Å². The molecule has 0 saturated carbocycles. The molecule has 0 aliphatic heterocycles. The Morgan fingerprint density at radius 2 is 1.38 bits per heavy atom. The summed E-state index contributed by atoms with van der Waals surface area (Å²) >= 11 is 0. The molecule has 0 aliphatic rings. The quantitative estimate of drug-likeness (QED) is 0.836. The number of hydrogen-bond acceptors (Lipinski definition) is 2. The Morgan fingerprint density at radius 1 is 0.875 bits per heavy atom. The van der Waals surface area contributed by atoms with Gasteiger partial charge in [0.05, 0.1) is 13.7 Å². The van der Waals surface area contributed by atoms with Gasteiger partial charge in [-0.2, -0.15) is 0 Å². The molecule has 0 aliphatic carbocycles. The Hall–Kier alpha value is -1.80. The normalized spacial score (nSPS) is 8.88. The molecule has 0 heterocycles. The molecule has 1 N–H and O–H groups in total. The van der Waals surface area contributed by atoms with E-state index in [9.17, 15) is 0 Å². The van der Waals surface area contributed by atoms with Crippen LogP contribution in [-0.2, 0) is 6.61 Å². The van der Waals surface area contributed by atoms with Gasteiger partial charge in [0.25, 0.3) is 0 Å². The molecular formula is C14H16O2. The van der Waals surface area contributed by atoms with E-state index in [4.69, 9.17) is 9.84 Å². The lowest BCUT2D eigenvalue weighted by Gasteiger charge is -1.93. The van der Waals surface area contributed by atoms with E-state index in [0.29, 0.717) is 0 Å². The van der Waals surface area contributed by atoms with Gasteiger partial charge in [-0.15, -0.1) is 0 Å². The van der Waals surface area contributed by atoms with Crippen LogP contribution in [0, 0.1) is 0 Å². The Balaban J connectivity index is 0.000000160. The van der Waals surface area contributed by atoms with Crippen molar-refractivity contribution in [2.75, 3.05) is 7.11 Å². The highest BCUT2D eigenvalue weighted by atomic mass is 16.5. The van der Waals surface area contributed by atoms with E-state index < -0.39 is 0 Å². The molecular weight excluding hydrogens is 200 g/mol. The largest absolute Gasteiger partial charge is 0.497 e. The highest BCUT2D eigenvalue weighted by Gasteiger charge is 1.81. The summed E-state index contributed by atoms with van der Waals surface area (Å²) in [6.45, 7) is 0.140. The Labute approximate surface area is 96.1 Å². The predicted molar refractivity (Wildman–Crippen MR) is 65.4 cm³/mol. The minimum atomic E-state index is 0.140. The topological polar surface area (TPSA) is 29.5 Å². The standard InChI is InChI=1S/2C7H8O/c1-8-7-5-3-2-4-6-7;8-6-7-4-2-1-3-5-7/h2-6H,1H3;1-5,8H,6H2. The van der Waals surface area contributed by atoms with Crippen LogP contribution in [0.25, 0.3) is 0 Å². The summed E-state index contributed by atoms with van der Waals surface area (Å²) < 4.78 is 4.91. The highest BCUT2D eigenvalue weighted by molar-refractivity contribution is 5.20. The number of hydrogen-bond donors (Lipinski definition) is 1. The van der Waals surface area contributed by atoms with E-state index in [1.807, 2.05) is 60.7 Å². The van der Waals surface area contributed by atoms with Crippen molar-refractivity contribution in [3.8, 4) is 5.75 Å². The zero-order valence-corrected chi connectivity index (χ0v) is 9.34. The van der Waals surface area contributed by atoms with Gasteiger partial charge in [-0.05, 0) is 17.7 Å². The smallest absolute Gasteiger partial charge is 0.118 e. The molecule has 0 saturated heterocycles. The summed E-state index contributed by atoms with van der Waals surface area (Å²) in [4.78, 5) is 0. The van der Waals surface area contributed by atoms with E-state index in [2.05, 4.69) is 0 Å². The van der Waals surface area contributed by atoms with Gasteiger partial charge in [0, 0.05) is 0 Å². The van der Waals surface area contributed by atoms with Gasteiger partial charge in [0.1, 0.15) is 5.75 Å². The van der Waals surface area contributed by atoms with Crippen LogP contribution in [0.3, 0.4) is 0 Å². The third-order valence-electron chi connectivity index (χ3n) is 2.00. The fourth-order valence-electron chi connectivity index (χ4n) is 1.14. The first kappa shape index (κ1) is 12.3. The summed E-state index contributed by atoms with van der Waals surface area (Å²) in [5, 5.41) is 8.54. The van der Waals surface area contributed by atoms with Crippen molar-refractivity contribution >= 4 is 0 Å². The molecule has 0 bridgehead atoms. The summed E-state index contributed by atoms with van der Waals surface area (Å²) in [5.74, 6) is 0.910. The molecule has 16 heavy (non-hydrogen) atoms. The van der Waals surface area contributed by atoms with E-state index in [0.717, 1.165) is 11.3 Å². The van der Waals surface area contributed by atoms with E-state index >= 15 is 0 Å². The van der Waals surface area contributed by atoms with Gasteiger partial charge in [-0.1, -0.05) is 48.5 Å². The molecule has 0 fully saturated rings. The molecule has 0 radical (unpaired) electrons. The second-order valence-electron chi connectivity index (χ2n) is 3.16. The second-order valence-corrected chi connectivity index (χ2v) is 3.16. The first-order valence-electron chi connectivity index (χ1n) is 5.10. The van der Waals surface area contributed by atoms with Crippen molar-refractivity contribution in [2.45, 2.75) is 6.61 Å². The average molecular weight is 216 g/mol. The fourth-order valence-corrected chi connectivity index (χ4v) is 1.14. The van der Waals surface area contributed by atoms with Gasteiger partial charge in [-0.3, -0.25) is 0 Å². The fraction of sp³-hybridized carbons (Fsp3) is 0.143. The maximum atomic E-state index is 8.54. The minimum Gasteiger partial charge on any atom is -0.497 e. The van der Waals surface area contributed by atoms with Crippen molar-refractivity contribution in [3.63, 3.8) is 0 Å². The number of rotatable bonds is 2. The third-order valence-corrected chi connectivity index (χ3v) is 2.00. The van der Waals surface area contributed by atoms with Gasteiger partial charge >= 0.3 is 0 Å². The highest BCUT2D eigenvalue weighted by Crippen LogP contribution is 2.05. The molecule has 0 atom stereocenters. The number of ether oxygens (including phenoxy) is 1.